The topological polar surface area (TPSA) is 87.9 Å². The Morgan fingerprint density at radius 2 is 2.10 bits per heavy atom. The molecule has 6 nitrogen and oxygen atoms in total. The SMILES string of the molecule is Nc1ncc(-c2cccc(F)c2)c(C2CCCN2C(=O)Cc2c[nH]c3ccccc23)n1. The van der Waals surface area contributed by atoms with Crippen LogP contribution in [0.2, 0.25) is 0 Å². The van der Waals surface area contributed by atoms with E-state index in [1.165, 1.54) is 12.1 Å². The molecule has 1 atom stereocenters. The van der Waals surface area contributed by atoms with Gasteiger partial charge in [0.25, 0.3) is 0 Å². The number of fused-ring (bicyclic) bond motifs is 1. The number of likely N-dealkylation sites (tertiary alicyclic amines) is 1. The molecule has 7 heteroatoms. The van der Waals surface area contributed by atoms with Crippen molar-refractivity contribution in [1.82, 2.24) is 19.9 Å². The third kappa shape index (κ3) is 3.63. The Hall–Kier alpha value is -3.74. The number of nitrogens with zero attached hydrogens (tertiary/aromatic N) is 3. The van der Waals surface area contributed by atoms with Crippen molar-refractivity contribution >= 4 is 22.8 Å². The first-order valence-electron chi connectivity index (χ1n) is 10.3. The molecule has 0 bridgehead atoms. The molecule has 1 amide bonds. The predicted octanol–water partition coefficient (Wildman–Crippen LogP) is 4.25. The molecule has 1 unspecified atom stereocenters. The number of carbonyl (C=O) groups is 1. The van der Waals surface area contributed by atoms with E-state index in [1.54, 1.807) is 12.3 Å². The predicted molar refractivity (Wildman–Crippen MR) is 118 cm³/mol. The molecule has 3 heterocycles. The van der Waals surface area contributed by atoms with Crippen molar-refractivity contribution in [2.24, 2.45) is 0 Å². The van der Waals surface area contributed by atoms with E-state index in [4.69, 9.17) is 5.73 Å². The van der Waals surface area contributed by atoms with Gasteiger partial charge in [-0.3, -0.25) is 4.79 Å². The van der Waals surface area contributed by atoms with Crippen LogP contribution in [0.15, 0.2) is 60.9 Å². The van der Waals surface area contributed by atoms with Gasteiger partial charge < -0.3 is 15.6 Å². The van der Waals surface area contributed by atoms with Crippen LogP contribution in [-0.2, 0) is 11.2 Å². The fraction of sp³-hybridized carbons (Fsp3) is 0.208. The Bertz CT molecular complexity index is 1270. The normalized spacial score (nSPS) is 16.2. The number of hydrogen-bond donors (Lipinski definition) is 2. The summed E-state index contributed by atoms with van der Waals surface area (Å²) in [7, 11) is 0. The van der Waals surface area contributed by atoms with E-state index in [0.717, 1.165) is 29.3 Å². The summed E-state index contributed by atoms with van der Waals surface area (Å²) in [6.07, 6.45) is 5.47. The second-order valence-corrected chi connectivity index (χ2v) is 7.82. The average molecular weight is 415 g/mol. The summed E-state index contributed by atoms with van der Waals surface area (Å²) in [4.78, 5) is 27.0. The number of nitrogens with two attached hydrogens (primary N) is 1. The van der Waals surface area contributed by atoms with Crippen molar-refractivity contribution < 1.29 is 9.18 Å². The van der Waals surface area contributed by atoms with Gasteiger partial charge in [-0.1, -0.05) is 30.3 Å². The number of aromatic amines is 1. The molecule has 5 rings (SSSR count). The maximum absolute atomic E-state index is 13.9. The molecule has 0 radical (unpaired) electrons. The molecule has 31 heavy (non-hydrogen) atoms. The number of carbonyl (C=O) groups excluding carboxylic acids is 1. The Kier molecular flexibility index (Phi) is 4.86. The lowest BCUT2D eigenvalue weighted by Gasteiger charge is -2.26. The summed E-state index contributed by atoms with van der Waals surface area (Å²) < 4.78 is 13.9. The van der Waals surface area contributed by atoms with Crippen molar-refractivity contribution in [2.75, 3.05) is 12.3 Å². The van der Waals surface area contributed by atoms with Crippen LogP contribution in [0.5, 0.6) is 0 Å². The van der Waals surface area contributed by atoms with Crippen LogP contribution < -0.4 is 5.73 Å². The van der Waals surface area contributed by atoms with Gasteiger partial charge in [-0.2, -0.15) is 0 Å². The Balaban J connectivity index is 1.48. The number of nitrogen functional groups attached to an aromatic ring is 1. The summed E-state index contributed by atoms with van der Waals surface area (Å²) in [6.45, 7) is 0.651. The number of nitrogens with one attached hydrogen (secondary N) is 1. The van der Waals surface area contributed by atoms with Crippen molar-refractivity contribution in [3.8, 4) is 11.1 Å². The summed E-state index contributed by atoms with van der Waals surface area (Å²) in [6, 6.07) is 14.0. The summed E-state index contributed by atoms with van der Waals surface area (Å²) in [5.74, 6) is -0.153. The van der Waals surface area contributed by atoms with Crippen LogP contribution in [0.3, 0.4) is 0 Å². The lowest BCUT2D eigenvalue weighted by Crippen LogP contribution is -2.32. The lowest BCUT2D eigenvalue weighted by molar-refractivity contribution is -0.131. The van der Waals surface area contributed by atoms with Crippen molar-refractivity contribution in [3.63, 3.8) is 0 Å². The molecule has 2 aromatic heterocycles. The Labute approximate surface area is 178 Å². The number of anilines is 1. The number of amides is 1. The largest absolute Gasteiger partial charge is 0.368 e. The van der Waals surface area contributed by atoms with Crippen LogP contribution in [0.1, 0.15) is 30.1 Å². The molecule has 156 valence electrons. The van der Waals surface area contributed by atoms with Crippen LogP contribution in [-0.4, -0.2) is 32.3 Å². The second kappa shape index (κ2) is 7.83. The molecule has 4 aromatic rings. The molecule has 0 saturated carbocycles. The molecule has 2 aromatic carbocycles. The summed E-state index contributed by atoms with van der Waals surface area (Å²) >= 11 is 0. The number of aromatic nitrogens is 3. The van der Waals surface area contributed by atoms with Gasteiger partial charge in [-0.15, -0.1) is 0 Å². The zero-order valence-corrected chi connectivity index (χ0v) is 16.9. The highest BCUT2D eigenvalue weighted by molar-refractivity contribution is 5.89. The van der Waals surface area contributed by atoms with Gasteiger partial charge in [-0.25, -0.2) is 14.4 Å². The monoisotopic (exact) mass is 415 g/mol. The fourth-order valence-corrected chi connectivity index (χ4v) is 4.43. The second-order valence-electron chi connectivity index (χ2n) is 7.82. The van der Waals surface area contributed by atoms with Gasteiger partial charge in [0.2, 0.25) is 11.9 Å². The third-order valence-electron chi connectivity index (χ3n) is 5.88. The number of para-hydroxylation sites is 1. The van der Waals surface area contributed by atoms with E-state index >= 15 is 0 Å². The van der Waals surface area contributed by atoms with E-state index < -0.39 is 0 Å². The fourth-order valence-electron chi connectivity index (χ4n) is 4.43. The highest BCUT2D eigenvalue weighted by Gasteiger charge is 2.33. The molecule has 0 aliphatic carbocycles. The average Bonchev–Trinajstić information content (AvgIpc) is 3.41. The number of rotatable bonds is 4. The maximum Gasteiger partial charge on any atom is 0.227 e. The number of benzene rings is 2. The molecule has 1 fully saturated rings. The van der Waals surface area contributed by atoms with E-state index in [1.807, 2.05) is 41.4 Å². The zero-order valence-electron chi connectivity index (χ0n) is 16.9. The number of H-pyrrole nitrogens is 1. The molecule has 0 spiro atoms. The Morgan fingerprint density at radius 3 is 2.97 bits per heavy atom. The number of hydrogen-bond acceptors (Lipinski definition) is 4. The lowest BCUT2D eigenvalue weighted by atomic mass is 9.99. The molecule has 1 aliphatic rings. The Morgan fingerprint density at radius 1 is 1.23 bits per heavy atom. The highest BCUT2D eigenvalue weighted by atomic mass is 19.1. The number of halogens is 1. The van der Waals surface area contributed by atoms with Crippen molar-refractivity contribution in [1.29, 1.82) is 0 Å². The van der Waals surface area contributed by atoms with E-state index in [-0.39, 0.29) is 23.7 Å². The highest BCUT2D eigenvalue weighted by Crippen LogP contribution is 2.37. The summed E-state index contributed by atoms with van der Waals surface area (Å²) in [5, 5.41) is 1.05. The van der Waals surface area contributed by atoms with E-state index in [0.29, 0.717) is 29.8 Å². The van der Waals surface area contributed by atoms with Gasteiger partial charge >= 0.3 is 0 Å². The minimum atomic E-state index is -0.334. The van der Waals surface area contributed by atoms with Crippen LogP contribution in [0.25, 0.3) is 22.0 Å². The van der Waals surface area contributed by atoms with Crippen LogP contribution >= 0.6 is 0 Å². The van der Waals surface area contributed by atoms with E-state index in [9.17, 15) is 9.18 Å². The maximum atomic E-state index is 13.9. The van der Waals surface area contributed by atoms with Crippen molar-refractivity contribution in [2.45, 2.75) is 25.3 Å². The minimum absolute atomic E-state index is 0.0367. The third-order valence-corrected chi connectivity index (χ3v) is 5.88. The van der Waals surface area contributed by atoms with Gasteiger partial charge in [0.05, 0.1) is 18.2 Å². The van der Waals surface area contributed by atoms with Crippen molar-refractivity contribution in [3.05, 3.63) is 78.0 Å². The molecule has 1 aliphatic heterocycles. The van der Waals surface area contributed by atoms with Gasteiger partial charge in [0.15, 0.2) is 0 Å². The molecular formula is C24H22FN5O. The molecular weight excluding hydrogens is 393 g/mol. The standard InChI is InChI=1S/C24H22FN5O/c25-17-6-3-5-15(11-17)19-14-28-24(26)29-23(19)21-9-4-10-30(21)22(31)12-16-13-27-20-8-2-1-7-18(16)20/h1-3,5-8,11,13-14,21,27H,4,9-10,12H2,(H2,26,28,29). The van der Waals surface area contributed by atoms with Crippen LogP contribution in [0, 0.1) is 5.82 Å². The first-order valence-corrected chi connectivity index (χ1v) is 10.3. The smallest absolute Gasteiger partial charge is 0.227 e. The van der Waals surface area contributed by atoms with Gasteiger partial charge in [0.1, 0.15) is 5.82 Å². The summed E-state index contributed by atoms with van der Waals surface area (Å²) in [5.41, 5.74) is 9.92. The van der Waals surface area contributed by atoms with Gasteiger partial charge in [-0.05, 0) is 42.2 Å². The van der Waals surface area contributed by atoms with E-state index in [2.05, 4.69) is 15.0 Å². The zero-order chi connectivity index (χ0) is 21.4. The first kappa shape index (κ1) is 19.2. The first-order chi connectivity index (χ1) is 15.1. The molecule has 3 N–H and O–H groups in total. The van der Waals surface area contributed by atoms with Gasteiger partial charge in [0, 0.05) is 35.4 Å². The minimum Gasteiger partial charge on any atom is -0.368 e. The molecule has 1 saturated heterocycles. The van der Waals surface area contributed by atoms with Crippen LogP contribution in [0.4, 0.5) is 10.3 Å². The quantitative estimate of drug-likeness (QED) is 0.522.